The van der Waals surface area contributed by atoms with Gasteiger partial charge in [-0.05, 0) is 49.5 Å². The van der Waals surface area contributed by atoms with Crippen molar-refractivity contribution in [3.8, 4) is 0 Å². The first-order valence-corrected chi connectivity index (χ1v) is 6.25. The Kier molecular flexibility index (Phi) is 2.93. The number of oxazole rings is 1. The predicted molar refractivity (Wildman–Crippen MR) is 67.4 cm³/mol. The summed E-state index contributed by atoms with van der Waals surface area (Å²) in [4.78, 5) is 13.7. The van der Waals surface area contributed by atoms with Crippen LogP contribution in [0, 0.1) is 5.92 Å². The Balaban J connectivity index is 1.90. The van der Waals surface area contributed by atoms with Crippen LogP contribution in [0.15, 0.2) is 27.4 Å². The molecule has 1 aromatic heterocycles. The molecular formula is C13H16N2O3. The van der Waals surface area contributed by atoms with Gasteiger partial charge in [-0.3, -0.25) is 4.98 Å². The summed E-state index contributed by atoms with van der Waals surface area (Å²) in [5.74, 6) is -0.180. The van der Waals surface area contributed by atoms with Crippen molar-refractivity contribution in [2.45, 2.75) is 18.9 Å². The summed E-state index contributed by atoms with van der Waals surface area (Å²) in [6, 6.07) is 5.35. The van der Waals surface area contributed by atoms with Crippen LogP contribution in [-0.4, -0.2) is 23.2 Å². The van der Waals surface area contributed by atoms with Crippen LogP contribution in [0.1, 0.15) is 24.5 Å². The number of hydrogen-bond donors (Lipinski definition) is 3. The van der Waals surface area contributed by atoms with E-state index < -0.39 is 11.9 Å². The monoisotopic (exact) mass is 248 g/mol. The minimum atomic E-state index is -0.477. The number of benzene rings is 1. The second kappa shape index (κ2) is 4.59. The Morgan fingerprint density at radius 3 is 2.89 bits per heavy atom. The molecule has 1 atom stereocenters. The number of aromatic amines is 1. The van der Waals surface area contributed by atoms with Gasteiger partial charge in [0, 0.05) is 0 Å². The highest BCUT2D eigenvalue weighted by atomic mass is 16.4. The van der Waals surface area contributed by atoms with Gasteiger partial charge in [0.05, 0.1) is 11.6 Å². The molecule has 1 saturated heterocycles. The van der Waals surface area contributed by atoms with E-state index in [1.54, 1.807) is 12.1 Å². The number of piperidine rings is 1. The highest BCUT2D eigenvalue weighted by molar-refractivity contribution is 5.72. The maximum Gasteiger partial charge on any atom is 0.417 e. The topological polar surface area (TPSA) is 78.3 Å². The lowest BCUT2D eigenvalue weighted by Crippen LogP contribution is -2.30. The van der Waals surface area contributed by atoms with Gasteiger partial charge in [0.25, 0.3) is 0 Å². The van der Waals surface area contributed by atoms with E-state index in [0.29, 0.717) is 11.1 Å². The van der Waals surface area contributed by atoms with Crippen molar-refractivity contribution < 1.29 is 9.52 Å². The maximum absolute atomic E-state index is 11.1. The van der Waals surface area contributed by atoms with E-state index in [9.17, 15) is 9.90 Å². The van der Waals surface area contributed by atoms with Crippen LogP contribution in [0.4, 0.5) is 0 Å². The first-order valence-electron chi connectivity index (χ1n) is 6.25. The Morgan fingerprint density at radius 2 is 2.11 bits per heavy atom. The van der Waals surface area contributed by atoms with E-state index in [1.165, 1.54) is 0 Å². The van der Waals surface area contributed by atoms with Gasteiger partial charge in [0.1, 0.15) is 0 Å². The molecule has 1 aromatic carbocycles. The molecular weight excluding hydrogens is 232 g/mol. The maximum atomic E-state index is 11.1. The molecule has 3 rings (SSSR count). The summed E-state index contributed by atoms with van der Waals surface area (Å²) < 4.78 is 4.95. The van der Waals surface area contributed by atoms with E-state index >= 15 is 0 Å². The number of H-pyrrole nitrogens is 1. The van der Waals surface area contributed by atoms with Crippen molar-refractivity contribution in [1.82, 2.24) is 10.3 Å². The minimum Gasteiger partial charge on any atom is -0.408 e. The van der Waals surface area contributed by atoms with Crippen molar-refractivity contribution in [2.75, 3.05) is 13.1 Å². The minimum absolute atomic E-state index is 0.280. The quantitative estimate of drug-likeness (QED) is 0.745. The van der Waals surface area contributed by atoms with Crippen LogP contribution in [0.25, 0.3) is 11.1 Å². The Bertz CT molecular complexity index is 596. The van der Waals surface area contributed by atoms with E-state index in [0.717, 1.165) is 31.5 Å². The fraction of sp³-hybridized carbons (Fsp3) is 0.462. The SMILES string of the molecule is O=c1[nH]c2cc(C(O)C3CCNCC3)ccc2o1. The normalized spacial score (nSPS) is 19.2. The second-order valence-electron chi connectivity index (χ2n) is 4.80. The molecule has 2 heterocycles. The molecule has 0 bridgehead atoms. The smallest absolute Gasteiger partial charge is 0.408 e. The van der Waals surface area contributed by atoms with Gasteiger partial charge in [0.2, 0.25) is 0 Å². The standard InChI is InChI=1S/C13H16N2O3/c16-12(8-3-5-14-6-4-8)9-1-2-11-10(7-9)15-13(17)18-11/h1-2,7-8,12,14,16H,3-6H2,(H,15,17). The second-order valence-corrected chi connectivity index (χ2v) is 4.80. The number of nitrogens with one attached hydrogen (secondary N) is 2. The molecule has 3 N–H and O–H groups in total. The molecule has 5 heteroatoms. The van der Waals surface area contributed by atoms with Crippen LogP contribution in [0.2, 0.25) is 0 Å². The molecule has 5 nitrogen and oxygen atoms in total. The third-order valence-electron chi connectivity index (χ3n) is 3.61. The Morgan fingerprint density at radius 1 is 1.33 bits per heavy atom. The fourth-order valence-electron chi connectivity index (χ4n) is 2.59. The van der Waals surface area contributed by atoms with Gasteiger partial charge in [-0.15, -0.1) is 0 Å². The largest absolute Gasteiger partial charge is 0.417 e. The number of aliphatic hydroxyl groups excluding tert-OH is 1. The van der Waals surface area contributed by atoms with Crippen molar-refractivity contribution in [1.29, 1.82) is 0 Å². The summed E-state index contributed by atoms with van der Waals surface area (Å²) in [5, 5.41) is 13.6. The van der Waals surface area contributed by atoms with Crippen molar-refractivity contribution >= 4 is 11.1 Å². The zero-order valence-electron chi connectivity index (χ0n) is 9.98. The van der Waals surface area contributed by atoms with E-state index in [1.807, 2.05) is 6.07 Å². The summed E-state index contributed by atoms with van der Waals surface area (Å²) >= 11 is 0. The third kappa shape index (κ3) is 2.07. The first-order chi connectivity index (χ1) is 8.74. The summed E-state index contributed by atoms with van der Waals surface area (Å²) in [7, 11) is 0. The molecule has 0 spiro atoms. The molecule has 1 unspecified atom stereocenters. The van der Waals surface area contributed by atoms with E-state index in [-0.39, 0.29) is 5.92 Å². The van der Waals surface area contributed by atoms with Gasteiger partial charge in [-0.25, -0.2) is 4.79 Å². The van der Waals surface area contributed by atoms with E-state index in [4.69, 9.17) is 4.42 Å². The molecule has 1 aliphatic rings. The molecule has 1 aliphatic heterocycles. The lowest BCUT2D eigenvalue weighted by Gasteiger charge is -2.27. The van der Waals surface area contributed by atoms with Crippen molar-refractivity contribution in [3.05, 3.63) is 34.3 Å². The summed E-state index contributed by atoms with van der Waals surface area (Å²) in [6.45, 7) is 1.90. The van der Waals surface area contributed by atoms with Gasteiger partial charge >= 0.3 is 5.76 Å². The average molecular weight is 248 g/mol. The Labute approximate surface area is 104 Å². The third-order valence-corrected chi connectivity index (χ3v) is 3.61. The number of rotatable bonds is 2. The van der Waals surface area contributed by atoms with Gasteiger partial charge < -0.3 is 14.8 Å². The van der Waals surface area contributed by atoms with Gasteiger partial charge in [-0.2, -0.15) is 0 Å². The van der Waals surface area contributed by atoms with Gasteiger partial charge in [0.15, 0.2) is 5.58 Å². The highest BCUT2D eigenvalue weighted by Gasteiger charge is 2.23. The summed E-state index contributed by atoms with van der Waals surface area (Å²) in [5.41, 5.74) is 2.01. The molecule has 2 aromatic rings. The van der Waals surface area contributed by atoms with Crippen LogP contribution in [0.5, 0.6) is 0 Å². The number of aromatic nitrogens is 1. The van der Waals surface area contributed by atoms with Gasteiger partial charge in [-0.1, -0.05) is 6.07 Å². The lowest BCUT2D eigenvalue weighted by molar-refractivity contribution is 0.0890. The molecule has 1 fully saturated rings. The molecule has 96 valence electrons. The molecule has 18 heavy (non-hydrogen) atoms. The highest BCUT2D eigenvalue weighted by Crippen LogP contribution is 2.29. The number of aliphatic hydroxyl groups is 1. The zero-order chi connectivity index (χ0) is 12.5. The predicted octanol–water partition coefficient (Wildman–Crippen LogP) is 1.15. The number of fused-ring (bicyclic) bond motifs is 1. The average Bonchev–Trinajstić information content (AvgIpc) is 2.78. The van der Waals surface area contributed by atoms with Crippen LogP contribution in [0.3, 0.4) is 0 Å². The Hall–Kier alpha value is -1.59. The van der Waals surface area contributed by atoms with Crippen molar-refractivity contribution in [2.24, 2.45) is 5.92 Å². The van der Waals surface area contributed by atoms with E-state index in [2.05, 4.69) is 10.3 Å². The molecule has 0 aliphatic carbocycles. The lowest BCUT2D eigenvalue weighted by atomic mass is 9.88. The fourth-order valence-corrected chi connectivity index (χ4v) is 2.59. The van der Waals surface area contributed by atoms with Crippen LogP contribution < -0.4 is 11.1 Å². The molecule has 0 saturated carbocycles. The van der Waals surface area contributed by atoms with Crippen LogP contribution in [-0.2, 0) is 0 Å². The summed E-state index contributed by atoms with van der Waals surface area (Å²) in [6.07, 6.45) is 1.47. The number of hydrogen-bond acceptors (Lipinski definition) is 4. The molecule has 0 radical (unpaired) electrons. The van der Waals surface area contributed by atoms with Crippen molar-refractivity contribution in [3.63, 3.8) is 0 Å². The first kappa shape index (κ1) is 11.5. The zero-order valence-corrected chi connectivity index (χ0v) is 9.98. The molecule has 0 amide bonds. The van der Waals surface area contributed by atoms with Crippen LogP contribution >= 0.6 is 0 Å².